The molecular weight excluding hydrogens is 380 g/mol. The molecule has 0 aliphatic carbocycles. The second kappa shape index (κ2) is 10.1. The van der Waals surface area contributed by atoms with E-state index < -0.39 is 11.7 Å². The Labute approximate surface area is 178 Å². The van der Waals surface area contributed by atoms with Crippen molar-refractivity contribution in [3.63, 3.8) is 0 Å². The van der Waals surface area contributed by atoms with Crippen molar-refractivity contribution in [1.82, 2.24) is 9.80 Å². The first-order valence-corrected chi connectivity index (χ1v) is 10.4. The highest BCUT2D eigenvalue weighted by Gasteiger charge is 2.43. The van der Waals surface area contributed by atoms with Gasteiger partial charge in [-0.2, -0.15) is 0 Å². The molecule has 162 valence electrons. The molecule has 30 heavy (non-hydrogen) atoms. The number of ether oxygens (including phenoxy) is 1. The van der Waals surface area contributed by atoms with Crippen LogP contribution >= 0.6 is 0 Å². The van der Waals surface area contributed by atoms with Crippen LogP contribution in [-0.4, -0.2) is 71.4 Å². The number of carbonyl (C=O) groups excluding carboxylic acids is 1. The van der Waals surface area contributed by atoms with E-state index in [4.69, 9.17) is 4.74 Å². The minimum Gasteiger partial charge on any atom is -0.496 e. The van der Waals surface area contributed by atoms with Crippen LogP contribution in [0.5, 0.6) is 5.75 Å². The minimum atomic E-state index is -1.36. The standard InChI is InChI=1S/C24H32N2O4/c1-25(16-20-10-6-7-11-21(20)30-2)17-24(29)18-26(15-14-22(24)27)23(28)13-12-19-8-4-3-5-9-19/h3-11,22,27,29H,12-18H2,1-2H3/t22-,24+/m0/s1. The number of likely N-dealkylation sites (tertiary alicyclic amines) is 1. The number of amides is 1. The van der Waals surface area contributed by atoms with Gasteiger partial charge in [0, 0.05) is 31.6 Å². The summed E-state index contributed by atoms with van der Waals surface area (Å²) in [6, 6.07) is 17.7. The molecule has 3 rings (SSSR count). The molecule has 2 aromatic carbocycles. The molecule has 1 saturated heterocycles. The first kappa shape index (κ1) is 22.3. The van der Waals surface area contributed by atoms with E-state index in [1.165, 1.54) is 0 Å². The molecule has 1 aliphatic heterocycles. The van der Waals surface area contributed by atoms with Gasteiger partial charge in [-0.15, -0.1) is 0 Å². The van der Waals surface area contributed by atoms with E-state index >= 15 is 0 Å². The monoisotopic (exact) mass is 412 g/mol. The zero-order chi connectivity index (χ0) is 21.6. The average Bonchev–Trinajstić information content (AvgIpc) is 2.75. The maximum Gasteiger partial charge on any atom is 0.223 e. The summed E-state index contributed by atoms with van der Waals surface area (Å²) >= 11 is 0. The van der Waals surface area contributed by atoms with Gasteiger partial charge in [0.25, 0.3) is 0 Å². The van der Waals surface area contributed by atoms with Crippen molar-refractivity contribution in [1.29, 1.82) is 0 Å². The number of para-hydroxylation sites is 1. The van der Waals surface area contributed by atoms with Crippen LogP contribution in [0.3, 0.4) is 0 Å². The van der Waals surface area contributed by atoms with Gasteiger partial charge in [0.05, 0.1) is 19.8 Å². The van der Waals surface area contributed by atoms with Crippen molar-refractivity contribution < 1.29 is 19.7 Å². The number of hydrogen-bond donors (Lipinski definition) is 2. The topological polar surface area (TPSA) is 73.2 Å². The third kappa shape index (κ3) is 5.59. The van der Waals surface area contributed by atoms with Crippen LogP contribution in [0.2, 0.25) is 0 Å². The summed E-state index contributed by atoms with van der Waals surface area (Å²) in [7, 11) is 3.53. The van der Waals surface area contributed by atoms with Gasteiger partial charge in [0.1, 0.15) is 11.4 Å². The van der Waals surface area contributed by atoms with Gasteiger partial charge in [0.2, 0.25) is 5.91 Å². The lowest BCUT2D eigenvalue weighted by molar-refractivity contribution is -0.155. The Morgan fingerprint density at radius 3 is 2.63 bits per heavy atom. The van der Waals surface area contributed by atoms with Gasteiger partial charge in [-0.25, -0.2) is 0 Å². The summed E-state index contributed by atoms with van der Waals surface area (Å²) < 4.78 is 5.40. The Kier molecular flexibility index (Phi) is 7.48. The Bertz CT molecular complexity index is 829. The lowest BCUT2D eigenvalue weighted by Gasteiger charge is -2.44. The molecule has 0 radical (unpaired) electrons. The molecule has 0 unspecified atom stereocenters. The maximum atomic E-state index is 12.7. The van der Waals surface area contributed by atoms with Crippen LogP contribution in [-0.2, 0) is 17.8 Å². The lowest BCUT2D eigenvalue weighted by atomic mass is 9.88. The van der Waals surface area contributed by atoms with Crippen molar-refractivity contribution in [3.8, 4) is 5.75 Å². The molecule has 6 heteroatoms. The molecule has 0 bridgehead atoms. The van der Waals surface area contributed by atoms with Crippen LogP contribution in [0.25, 0.3) is 0 Å². The van der Waals surface area contributed by atoms with Gasteiger partial charge >= 0.3 is 0 Å². The summed E-state index contributed by atoms with van der Waals surface area (Å²) in [6.07, 6.45) is 0.574. The quantitative estimate of drug-likeness (QED) is 0.695. The number of aliphatic hydroxyl groups excluding tert-OH is 1. The lowest BCUT2D eigenvalue weighted by Crippen LogP contribution is -2.62. The number of nitrogens with zero attached hydrogens (tertiary/aromatic N) is 2. The molecule has 1 amide bonds. The largest absolute Gasteiger partial charge is 0.496 e. The fourth-order valence-electron chi connectivity index (χ4n) is 4.13. The summed E-state index contributed by atoms with van der Waals surface area (Å²) in [5.74, 6) is 0.801. The van der Waals surface area contributed by atoms with Crippen LogP contribution in [0, 0.1) is 0 Å². The van der Waals surface area contributed by atoms with E-state index in [1.807, 2.05) is 66.5 Å². The maximum absolute atomic E-state index is 12.7. The zero-order valence-corrected chi connectivity index (χ0v) is 17.8. The number of piperidine rings is 1. The number of β-amino-alcohol motifs (C(OH)–C–C–N with tert-alkyl or cyclic N) is 1. The third-order valence-electron chi connectivity index (χ3n) is 5.76. The summed E-state index contributed by atoms with van der Waals surface area (Å²) in [5, 5.41) is 21.7. The number of aryl methyl sites for hydroxylation is 1. The first-order valence-electron chi connectivity index (χ1n) is 10.4. The van der Waals surface area contributed by atoms with Crippen molar-refractivity contribution in [2.24, 2.45) is 0 Å². The first-order chi connectivity index (χ1) is 14.4. The van der Waals surface area contributed by atoms with Crippen molar-refractivity contribution >= 4 is 5.91 Å². The summed E-state index contributed by atoms with van der Waals surface area (Å²) in [4.78, 5) is 16.4. The molecule has 2 atom stereocenters. The second-order valence-corrected chi connectivity index (χ2v) is 8.19. The number of aliphatic hydroxyl groups is 2. The van der Waals surface area contributed by atoms with Crippen molar-refractivity contribution in [3.05, 3.63) is 65.7 Å². The number of methoxy groups -OCH3 is 1. The van der Waals surface area contributed by atoms with E-state index in [1.54, 1.807) is 12.0 Å². The van der Waals surface area contributed by atoms with E-state index in [2.05, 4.69) is 0 Å². The molecule has 0 spiro atoms. The Hall–Kier alpha value is -2.41. The fourth-order valence-corrected chi connectivity index (χ4v) is 4.13. The number of rotatable bonds is 8. The van der Waals surface area contributed by atoms with Crippen LogP contribution in [0.1, 0.15) is 24.0 Å². The summed E-state index contributed by atoms with van der Waals surface area (Å²) in [5.41, 5.74) is 0.763. The Morgan fingerprint density at radius 2 is 1.90 bits per heavy atom. The van der Waals surface area contributed by atoms with E-state index in [0.717, 1.165) is 16.9 Å². The SMILES string of the molecule is COc1ccccc1CN(C)C[C@@]1(O)CN(C(=O)CCc2ccccc2)CC[C@@H]1O. The molecule has 2 aromatic rings. The number of hydrogen-bond acceptors (Lipinski definition) is 5. The number of carbonyl (C=O) groups is 1. The zero-order valence-electron chi connectivity index (χ0n) is 17.8. The predicted molar refractivity (Wildman–Crippen MR) is 116 cm³/mol. The molecule has 1 heterocycles. The molecule has 1 fully saturated rings. The van der Waals surface area contributed by atoms with Crippen LogP contribution < -0.4 is 4.74 Å². The Morgan fingerprint density at radius 1 is 1.20 bits per heavy atom. The number of likely N-dealkylation sites (N-methyl/N-ethyl adjacent to an activating group) is 1. The highest BCUT2D eigenvalue weighted by atomic mass is 16.5. The molecule has 6 nitrogen and oxygen atoms in total. The van der Waals surface area contributed by atoms with Gasteiger partial charge in [0.15, 0.2) is 0 Å². The van der Waals surface area contributed by atoms with Crippen LogP contribution in [0.4, 0.5) is 0 Å². The second-order valence-electron chi connectivity index (χ2n) is 8.19. The van der Waals surface area contributed by atoms with Crippen molar-refractivity contribution in [2.45, 2.75) is 37.5 Å². The number of benzene rings is 2. The predicted octanol–water partition coefficient (Wildman–Crippen LogP) is 2.08. The van der Waals surface area contributed by atoms with Gasteiger partial charge < -0.3 is 19.8 Å². The molecular formula is C24H32N2O4. The van der Waals surface area contributed by atoms with E-state index in [0.29, 0.717) is 32.4 Å². The minimum absolute atomic E-state index is 0.0107. The molecule has 0 saturated carbocycles. The van der Waals surface area contributed by atoms with Crippen LogP contribution in [0.15, 0.2) is 54.6 Å². The highest BCUT2D eigenvalue weighted by Crippen LogP contribution is 2.25. The molecule has 1 aliphatic rings. The Balaban J connectivity index is 1.59. The van der Waals surface area contributed by atoms with Crippen molar-refractivity contribution in [2.75, 3.05) is 33.8 Å². The average molecular weight is 413 g/mol. The third-order valence-corrected chi connectivity index (χ3v) is 5.76. The van der Waals surface area contributed by atoms with Gasteiger partial charge in [-0.05, 0) is 31.5 Å². The molecule has 0 aromatic heterocycles. The smallest absolute Gasteiger partial charge is 0.223 e. The summed E-state index contributed by atoms with van der Waals surface area (Å²) in [6.45, 7) is 1.43. The van der Waals surface area contributed by atoms with E-state index in [9.17, 15) is 15.0 Å². The van der Waals surface area contributed by atoms with E-state index in [-0.39, 0.29) is 19.0 Å². The van der Waals surface area contributed by atoms with Gasteiger partial charge in [-0.3, -0.25) is 9.69 Å². The molecule has 2 N–H and O–H groups in total. The normalized spacial score (nSPS) is 21.6. The van der Waals surface area contributed by atoms with Gasteiger partial charge in [-0.1, -0.05) is 48.5 Å². The highest BCUT2D eigenvalue weighted by molar-refractivity contribution is 5.76. The fraction of sp³-hybridized carbons (Fsp3) is 0.458.